The number of nitrogens with one attached hydrogen (secondary N) is 1. The van der Waals surface area contributed by atoms with Crippen LogP contribution in [0.3, 0.4) is 0 Å². The average Bonchev–Trinajstić information content (AvgIpc) is 2.13. The fourth-order valence-electron chi connectivity index (χ4n) is 0.795. The monoisotopic (exact) mass is 196 g/mol. The van der Waals surface area contributed by atoms with E-state index < -0.39 is 0 Å². The Labute approximate surface area is 86.8 Å². The van der Waals surface area contributed by atoms with Gasteiger partial charge in [0.25, 0.3) is 0 Å². The van der Waals surface area contributed by atoms with E-state index in [0.29, 0.717) is 5.92 Å². The van der Waals surface area contributed by atoms with Gasteiger partial charge in [-0.05, 0) is 5.92 Å². The van der Waals surface area contributed by atoms with Gasteiger partial charge in [0.05, 0.1) is 0 Å². The van der Waals surface area contributed by atoms with E-state index in [1.807, 2.05) is 27.7 Å². The van der Waals surface area contributed by atoms with Crippen molar-refractivity contribution in [3.05, 3.63) is 0 Å². The third-order valence-electron chi connectivity index (χ3n) is 2.12. The molecule has 3 heteroatoms. The summed E-state index contributed by atoms with van der Waals surface area (Å²) in [5, 5.41) is 1.52. The van der Waals surface area contributed by atoms with Crippen LogP contribution in [0.25, 0.3) is 0 Å². The molecule has 1 atom stereocenters. The van der Waals surface area contributed by atoms with E-state index >= 15 is 0 Å². The van der Waals surface area contributed by atoms with Gasteiger partial charge >= 0.3 is 0 Å². The molecule has 0 aromatic carbocycles. The van der Waals surface area contributed by atoms with Gasteiger partial charge in [-0.3, -0.25) is 10.2 Å². The molecule has 0 radical (unpaired) electrons. The zero-order valence-corrected chi connectivity index (χ0v) is 9.72. The second kappa shape index (κ2) is 6.31. The van der Waals surface area contributed by atoms with Crippen LogP contribution in [0, 0.1) is 23.8 Å². The van der Waals surface area contributed by atoms with Crippen molar-refractivity contribution in [3.63, 3.8) is 0 Å². The van der Waals surface area contributed by atoms with Crippen LogP contribution >= 0.6 is 0 Å². The van der Waals surface area contributed by atoms with Crippen molar-refractivity contribution in [3.8, 4) is 12.0 Å². The molecule has 0 rings (SSSR count). The smallest absolute Gasteiger partial charge is 0.242 e. The molecule has 0 aromatic heterocycles. The molecule has 14 heavy (non-hydrogen) atoms. The quantitative estimate of drug-likeness (QED) is 0.422. The molecule has 0 heterocycles. The number of hydrazine groups is 1. The van der Waals surface area contributed by atoms with Crippen LogP contribution in [-0.4, -0.2) is 18.0 Å². The van der Waals surface area contributed by atoms with Crippen LogP contribution in [0.1, 0.15) is 34.1 Å². The van der Waals surface area contributed by atoms with Gasteiger partial charge in [-0.2, -0.15) is 0 Å². The Morgan fingerprint density at radius 1 is 1.43 bits per heavy atom. The highest BCUT2D eigenvalue weighted by Crippen LogP contribution is 2.08. The van der Waals surface area contributed by atoms with Gasteiger partial charge < -0.3 is 0 Å². The second-order valence-corrected chi connectivity index (χ2v) is 3.71. The topological polar surface area (TPSA) is 32.3 Å². The molecule has 1 amide bonds. The predicted molar refractivity (Wildman–Crippen MR) is 58.0 cm³/mol. The first-order chi connectivity index (χ1) is 6.49. The maximum absolute atomic E-state index is 11.5. The molecule has 0 saturated carbocycles. The van der Waals surface area contributed by atoms with Crippen molar-refractivity contribution in [2.75, 3.05) is 7.05 Å². The standard InChI is InChI=1S/C11H20N2O/c1-6-7-8-13(5)12-11(14)10(4)9(2)3/h9-10H,6H2,1-5H3,(H,12,14). The summed E-state index contributed by atoms with van der Waals surface area (Å²) in [6, 6.07) is 2.81. The average molecular weight is 196 g/mol. The first-order valence-corrected chi connectivity index (χ1v) is 5.01. The molecule has 0 bridgehead atoms. The fourth-order valence-corrected chi connectivity index (χ4v) is 0.795. The molecule has 0 fully saturated rings. The molecule has 1 unspecified atom stereocenters. The van der Waals surface area contributed by atoms with Crippen LogP contribution in [0.2, 0.25) is 0 Å². The van der Waals surface area contributed by atoms with E-state index in [2.05, 4.69) is 17.4 Å². The lowest BCUT2D eigenvalue weighted by Gasteiger charge is -2.19. The molecule has 1 N–H and O–H groups in total. The Balaban J connectivity index is 4.06. The van der Waals surface area contributed by atoms with Crippen molar-refractivity contribution >= 4 is 5.91 Å². The summed E-state index contributed by atoms with van der Waals surface area (Å²) in [5.74, 6) is 3.27. The first kappa shape index (κ1) is 12.8. The number of nitrogens with zero attached hydrogens (tertiary/aromatic N) is 1. The summed E-state index contributed by atoms with van der Waals surface area (Å²) in [7, 11) is 1.74. The molecular formula is C11H20N2O. The molecule has 0 aromatic rings. The van der Waals surface area contributed by atoms with Gasteiger partial charge in [0.2, 0.25) is 5.91 Å². The van der Waals surface area contributed by atoms with Crippen molar-refractivity contribution in [1.29, 1.82) is 0 Å². The van der Waals surface area contributed by atoms with Crippen molar-refractivity contribution in [2.45, 2.75) is 34.1 Å². The minimum atomic E-state index is 0.0147. The summed E-state index contributed by atoms with van der Waals surface area (Å²) in [6.07, 6.45) is 0.792. The predicted octanol–water partition coefficient (Wildman–Crippen LogP) is 1.61. The normalized spacial score (nSPS) is 11.6. The Bertz CT molecular complexity index is 237. The molecule has 80 valence electrons. The number of hydrogen-bond donors (Lipinski definition) is 1. The van der Waals surface area contributed by atoms with E-state index in [1.54, 1.807) is 7.05 Å². The molecule has 0 aliphatic rings. The van der Waals surface area contributed by atoms with Crippen LogP contribution in [0.4, 0.5) is 0 Å². The van der Waals surface area contributed by atoms with Crippen molar-refractivity contribution < 1.29 is 4.79 Å². The maximum Gasteiger partial charge on any atom is 0.242 e. The SMILES string of the molecule is CCC#CN(C)NC(=O)C(C)C(C)C. The van der Waals surface area contributed by atoms with Crippen LogP contribution in [0.5, 0.6) is 0 Å². The molecule has 0 aliphatic heterocycles. The van der Waals surface area contributed by atoms with Crippen LogP contribution < -0.4 is 5.43 Å². The summed E-state index contributed by atoms with van der Waals surface area (Å²) in [6.45, 7) is 7.95. The Morgan fingerprint density at radius 2 is 2.00 bits per heavy atom. The summed E-state index contributed by atoms with van der Waals surface area (Å²) >= 11 is 0. The molecule has 0 aliphatic carbocycles. The number of hydrogen-bond acceptors (Lipinski definition) is 2. The zero-order chi connectivity index (χ0) is 11.1. The second-order valence-electron chi connectivity index (χ2n) is 3.71. The minimum absolute atomic E-state index is 0.0147. The number of carbonyl (C=O) groups excluding carboxylic acids is 1. The molecular weight excluding hydrogens is 176 g/mol. The Hall–Kier alpha value is -1.17. The van der Waals surface area contributed by atoms with Crippen molar-refractivity contribution in [2.24, 2.45) is 11.8 Å². The van der Waals surface area contributed by atoms with Gasteiger partial charge in [-0.25, -0.2) is 5.01 Å². The van der Waals surface area contributed by atoms with Crippen molar-refractivity contribution in [1.82, 2.24) is 10.4 Å². The highest BCUT2D eigenvalue weighted by molar-refractivity contribution is 5.78. The third kappa shape index (κ3) is 4.76. The molecule has 0 saturated heterocycles. The van der Waals surface area contributed by atoms with Gasteiger partial charge in [-0.15, -0.1) is 0 Å². The van der Waals surface area contributed by atoms with E-state index in [0.717, 1.165) is 6.42 Å². The lowest BCUT2D eigenvalue weighted by Crippen LogP contribution is -2.40. The fraction of sp³-hybridized carbons (Fsp3) is 0.727. The molecule has 0 spiro atoms. The number of rotatable bonds is 3. The van der Waals surface area contributed by atoms with Gasteiger partial charge in [0, 0.05) is 25.4 Å². The Morgan fingerprint density at radius 3 is 2.43 bits per heavy atom. The lowest BCUT2D eigenvalue weighted by molar-refractivity contribution is -0.128. The summed E-state index contributed by atoms with van der Waals surface area (Å²) in [4.78, 5) is 11.5. The van der Waals surface area contributed by atoms with E-state index in [-0.39, 0.29) is 11.8 Å². The number of amides is 1. The largest absolute Gasteiger partial charge is 0.273 e. The van der Waals surface area contributed by atoms with E-state index in [1.165, 1.54) is 5.01 Å². The first-order valence-electron chi connectivity index (χ1n) is 5.01. The maximum atomic E-state index is 11.5. The van der Waals surface area contributed by atoms with Gasteiger partial charge in [0.15, 0.2) is 0 Å². The van der Waals surface area contributed by atoms with Gasteiger partial charge in [-0.1, -0.05) is 33.6 Å². The van der Waals surface area contributed by atoms with Gasteiger partial charge in [0.1, 0.15) is 0 Å². The summed E-state index contributed by atoms with van der Waals surface area (Å²) in [5.41, 5.74) is 2.72. The van der Waals surface area contributed by atoms with Crippen LogP contribution in [0.15, 0.2) is 0 Å². The third-order valence-corrected chi connectivity index (χ3v) is 2.12. The van der Waals surface area contributed by atoms with E-state index in [9.17, 15) is 4.79 Å². The lowest BCUT2D eigenvalue weighted by atomic mass is 9.98. The number of carbonyl (C=O) groups is 1. The zero-order valence-electron chi connectivity index (χ0n) is 9.72. The Kier molecular flexibility index (Phi) is 5.78. The summed E-state index contributed by atoms with van der Waals surface area (Å²) < 4.78 is 0. The highest BCUT2D eigenvalue weighted by Gasteiger charge is 2.16. The van der Waals surface area contributed by atoms with Crippen LogP contribution in [-0.2, 0) is 4.79 Å². The highest BCUT2D eigenvalue weighted by atomic mass is 16.2. The molecule has 3 nitrogen and oxygen atoms in total. The van der Waals surface area contributed by atoms with E-state index in [4.69, 9.17) is 0 Å². The minimum Gasteiger partial charge on any atom is -0.273 e.